The molecule has 0 radical (unpaired) electrons. The third-order valence-corrected chi connectivity index (χ3v) is 5.10. The van der Waals surface area contributed by atoms with E-state index in [0.717, 1.165) is 42.7 Å². The smallest absolute Gasteiger partial charge is 0.253 e. The van der Waals surface area contributed by atoms with Gasteiger partial charge in [-0.15, -0.1) is 0 Å². The molecule has 0 bridgehead atoms. The number of carbonyl (C=O) groups is 2. The van der Waals surface area contributed by atoms with Crippen LogP contribution in [0.15, 0.2) is 48.5 Å². The molecular weight excluding hydrogens is 370 g/mol. The number of aryl methyl sites for hydroxylation is 1. The maximum atomic E-state index is 12.5. The Kier molecular flexibility index (Phi) is 6.76. The van der Waals surface area contributed by atoms with E-state index in [0.29, 0.717) is 5.56 Å². The van der Waals surface area contributed by atoms with Crippen molar-refractivity contribution >= 4 is 34.8 Å². The molecule has 1 aliphatic heterocycles. The van der Waals surface area contributed by atoms with Crippen LogP contribution in [0, 0.1) is 6.92 Å². The van der Waals surface area contributed by atoms with Gasteiger partial charge in [-0.1, -0.05) is 24.3 Å². The molecule has 0 atom stereocenters. The number of anilines is 1. The van der Waals surface area contributed by atoms with Crippen LogP contribution in [-0.4, -0.2) is 34.9 Å². The normalized spacial score (nSPS) is 13.7. The highest BCUT2D eigenvalue weighted by Crippen LogP contribution is 2.15. The molecule has 0 aromatic heterocycles. The van der Waals surface area contributed by atoms with Crippen molar-refractivity contribution in [1.82, 2.24) is 10.2 Å². The molecule has 1 fully saturated rings. The summed E-state index contributed by atoms with van der Waals surface area (Å²) in [6.07, 6.45) is 3.61. The maximum absolute atomic E-state index is 12.5. The molecule has 1 aliphatic rings. The number of nitrogens with one attached hydrogen (secondary N) is 2. The summed E-state index contributed by atoms with van der Waals surface area (Å²) in [6, 6.07) is 15.0. The van der Waals surface area contributed by atoms with Gasteiger partial charge in [-0.2, -0.15) is 0 Å². The lowest BCUT2D eigenvalue weighted by Gasteiger charge is -2.26. The number of likely N-dealkylation sites (tertiary alicyclic amines) is 1. The molecule has 5 nitrogen and oxygen atoms in total. The summed E-state index contributed by atoms with van der Waals surface area (Å²) in [5.41, 5.74) is 3.45. The first-order chi connectivity index (χ1) is 13.5. The molecule has 2 aromatic rings. The molecule has 2 amide bonds. The predicted molar refractivity (Wildman–Crippen MR) is 115 cm³/mol. The van der Waals surface area contributed by atoms with Gasteiger partial charge in [0.1, 0.15) is 0 Å². The summed E-state index contributed by atoms with van der Waals surface area (Å²) < 4.78 is 0. The second-order valence-corrected chi connectivity index (χ2v) is 7.44. The molecule has 0 unspecified atom stereocenters. The molecule has 2 aromatic carbocycles. The zero-order valence-electron chi connectivity index (χ0n) is 16.0. The standard InChI is InChI=1S/C22H25N3O2S/c1-16-7-3-4-8-18(16)15-20(26)24-22(28)23-19-11-9-17(10-12-19)21(27)25-13-5-2-6-14-25/h3-4,7-12H,2,5-6,13-15H2,1H3,(H2,23,24,26,28). The third kappa shape index (κ3) is 5.39. The molecule has 0 spiro atoms. The Balaban J connectivity index is 1.52. The first kappa shape index (κ1) is 20.0. The van der Waals surface area contributed by atoms with Gasteiger partial charge in [-0.05, 0) is 73.8 Å². The average molecular weight is 396 g/mol. The van der Waals surface area contributed by atoms with Crippen LogP contribution < -0.4 is 10.6 Å². The summed E-state index contributed by atoms with van der Waals surface area (Å²) in [4.78, 5) is 26.6. The molecule has 1 saturated heterocycles. The molecule has 3 rings (SSSR count). The number of hydrogen-bond donors (Lipinski definition) is 2. The number of benzene rings is 2. The number of nitrogens with zero attached hydrogens (tertiary/aromatic N) is 1. The fourth-order valence-corrected chi connectivity index (χ4v) is 3.52. The second-order valence-electron chi connectivity index (χ2n) is 7.04. The van der Waals surface area contributed by atoms with E-state index < -0.39 is 0 Å². The lowest BCUT2D eigenvalue weighted by molar-refractivity contribution is -0.119. The average Bonchev–Trinajstić information content (AvgIpc) is 2.70. The SMILES string of the molecule is Cc1ccccc1CC(=O)NC(=S)Nc1ccc(C(=O)N2CCCCC2)cc1. The summed E-state index contributed by atoms with van der Waals surface area (Å²) in [7, 11) is 0. The molecule has 2 N–H and O–H groups in total. The lowest BCUT2D eigenvalue weighted by Crippen LogP contribution is -2.36. The van der Waals surface area contributed by atoms with E-state index in [1.54, 1.807) is 24.3 Å². The Bertz CT molecular complexity index is 858. The summed E-state index contributed by atoms with van der Waals surface area (Å²) in [6.45, 7) is 3.64. The highest BCUT2D eigenvalue weighted by Gasteiger charge is 2.18. The van der Waals surface area contributed by atoms with Crippen LogP contribution in [-0.2, 0) is 11.2 Å². The van der Waals surface area contributed by atoms with Gasteiger partial charge in [-0.3, -0.25) is 9.59 Å². The largest absolute Gasteiger partial charge is 0.339 e. The Morgan fingerprint density at radius 3 is 2.36 bits per heavy atom. The van der Waals surface area contributed by atoms with Gasteiger partial charge >= 0.3 is 0 Å². The van der Waals surface area contributed by atoms with Crippen molar-refractivity contribution < 1.29 is 9.59 Å². The fourth-order valence-electron chi connectivity index (χ4n) is 3.29. The maximum Gasteiger partial charge on any atom is 0.253 e. The highest BCUT2D eigenvalue weighted by atomic mass is 32.1. The molecule has 0 aliphatic carbocycles. The van der Waals surface area contributed by atoms with Crippen LogP contribution in [0.25, 0.3) is 0 Å². The Labute approximate surface area is 171 Å². The second kappa shape index (κ2) is 9.46. The number of rotatable bonds is 4. The molecule has 0 saturated carbocycles. The van der Waals surface area contributed by atoms with Gasteiger partial charge in [0.05, 0.1) is 6.42 Å². The van der Waals surface area contributed by atoms with Crippen LogP contribution >= 0.6 is 12.2 Å². The van der Waals surface area contributed by atoms with E-state index in [1.165, 1.54) is 6.42 Å². The lowest BCUT2D eigenvalue weighted by atomic mass is 10.1. The minimum absolute atomic E-state index is 0.0698. The minimum atomic E-state index is -0.163. The topological polar surface area (TPSA) is 61.4 Å². The van der Waals surface area contributed by atoms with Crippen molar-refractivity contribution in [2.24, 2.45) is 0 Å². The van der Waals surface area contributed by atoms with Crippen molar-refractivity contribution in [3.8, 4) is 0 Å². The van der Waals surface area contributed by atoms with Crippen molar-refractivity contribution in [2.45, 2.75) is 32.6 Å². The number of hydrogen-bond acceptors (Lipinski definition) is 3. The van der Waals surface area contributed by atoms with Gasteiger partial charge < -0.3 is 15.5 Å². The van der Waals surface area contributed by atoms with Crippen molar-refractivity contribution in [1.29, 1.82) is 0 Å². The van der Waals surface area contributed by atoms with Crippen LogP contribution in [0.4, 0.5) is 5.69 Å². The van der Waals surface area contributed by atoms with Crippen LogP contribution in [0.2, 0.25) is 0 Å². The van der Waals surface area contributed by atoms with Crippen LogP contribution in [0.1, 0.15) is 40.7 Å². The van der Waals surface area contributed by atoms with Crippen LogP contribution in [0.5, 0.6) is 0 Å². The zero-order chi connectivity index (χ0) is 19.9. The number of piperidine rings is 1. The van der Waals surface area contributed by atoms with Crippen molar-refractivity contribution in [3.05, 3.63) is 65.2 Å². The zero-order valence-corrected chi connectivity index (χ0v) is 16.8. The van der Waals surface area contributed by atoms with E-state index in [9.17, 15) is 9.59 Å². The highest BCUT2D eigenvalue weighted by molar-refractivity contribution is 7.80. The Morgan fingerprint density at radius 1 is 1.00 bits per heavy atom. The minimum Gasteiger partial charge on any atom is -0.339 e. The van der Waals surface area contributed by atoms with E-state index in [1.807, 2.05) is 36.1 Å². The molecular formula is C22H25N3O2S. The van der Waals surface area contributed by atoms with Crippen molar-refractivity contribution in [2.75, 3.05) is 18.4 Å². The van der Waals surface area contributed by atoms with Gasteiger partial charge in [0.25, 0.3) is 5.91 Å². The first-order valence-electron chi connectivity index (χ1n) is 9.57. The number of carbonyl (C=O) groups excluding carboxylic acids is 2. The van der Waals surface area contributed by atoms with Crippen LogP contribution in [0.3, 0.4) is 0 Å². The van der Waals surface area contributed by atoms with E-state index in [-0.39, 0.29) is 23.3 Å². The van der Waals surface area contributed by atoms with E-state index in [4.69, 9.17) is 12.2 Å². The summed E-state index contributed by atoms with van der Waals surface area (Å²) >= 11 is 5.23. The summed E-state index contributed by atoms with van der Waals surface area (Å²) in [5.74, 6) is -0.0935. The van der Waals surface area contributed by atoms with Gasteiger partial charge in [0, 0.05) is 24.3 Å². The van der Waals surface area contributed by atoms with E-state index in [2.05, 4.69) is 10.6 Å². The number of thiocarbonyl (C=S) groups is 1. The van der Waals surface area contributed by atoms with Gasteiger partial charge in [0.15, 0.2) is 5.11 Å². The quantitative estimate of drug-likeness (QED) is 0.776. The van der Waals surface area contributed by atoms with Gasteiger partial charge in [0.2, 0.25) is 5.91 Å². The molecule has 28 heavy (non-hydrogen) atoms. The van der Waals surface area contributed by atoms with E-state index >= 15 is 0 Å². The van der Waals surface area contributed by atoms with Crippen molar-refractivity contribution in [3.63, 3.8) is 0 Å². The summed E-state index contributed by atoms with van der Waals surface area (Å²) in [5, 5.41) is 5.94. The number of amides is 2. The molecule has 146 valence electrons. The molecule has 6 heteroatoms. The first-order valence-corrected chi connectivity index (χ1v) is 9.98. The monoisotopic (exact) mass is 395 g/mol. The Morgan fingerprint density at radius 2 is 1.68 bits per heavy atom. The van der Waals surface area contributed by atoms with Gasteiger partial charge in [-0.25, -0.2) is 0 Å². The fraction of sp³-hybridized carbons (Fsp3) is 0.318. The predicted octanol–water partition coefficient (Wildman–Crippen LogP) is 3.68. The Hall–Kier alpha value is -2.73. The third-order valence-electron chi connectivity index (χ3n) is 4.90. The molecule has 1 heterocycles.